The third-order valence-electron chi connectivity index (χ3n) is 5.39. The highest BCUT2D eigenvalue weighted by Crippen LogP contribution is 2.39. The molecule has 1 unspecified atom stereocenters. The van der Waals surface area contributed by atoms with Crippen LogP contribution in [-0.2, 0) is 11.3 Å². The van der Waals surface area contributed by atoms with E-state index >= 15 is 0 Å². The second-order valence-corrected chi connectivity index (χ2v) is 7.38. The molecule has 5 nitrogen and oxygen atoms in total. The molecule has 2 aliphatic rings. The van der Waals surface area contributed by atoms with Crippen LogP contribution in [0.1, 0.15) is 31.2 Å². The van der Waals surface area contributed by atoms with E-state index in [1.54, 1.807) is 17.0 Å². The molecule has 0 aromatic heterocycles. The Morgan fingerprint density at radius 1 is 1.27 bits per heavy atom. The molecule has 1 amide bonds. The molecule has 0 saturated carbocycles. The Hall–Kier alpha value is -1.73. The van der Waals surface area contributed by atoms with Crippen molar-refractivity contribution in [1.29, 1.82) is 0 Å². The Kier molecular flexibility index (Phi) is 6.09. The van der Waals surface area contributed by atoms with E-state index in [2.05, 4.69) is 9.64 Å². The number of aliphatic hydroxyl groups is 1. The lowest BCUT2D eigenvalue weighted by Crippen LogP contribution is -2.54. The number of amides is 1. The van der Waals surface area contributed by atoms with Gasteiger partial charge in [0.25, 0.3) is 0 Å². The van der Waals surface area contributed by atoms with Crippen molar-refractivity contribution in [1.82, 2.24) is 9.80 Å². The zero-order valence-electron chi connectivity index (χ0n) is 14.9. The van der Waals surface area contributed by atoms with E-state index in [1.807, 2.05) is 6.07 Å². The minimum absolute atomic E-state index is 0.0114. The normalized spacial score (nSPS) is 24.5. The summed E-state index contributed by atoms with van der Waals surface area (Å²) in [5, 5.41) is 9.19. The van der Waals surface area contributed by atoms with Crippen molar-refractivity contribution in [2.45, 2.75) is 38.8 Å². The molecule has 1 N–H and O–H groups in total. The molecule has 1 aromatic carbocycles. The van der Waals surface area contributed by atoms with Crippen molar-refractivity contribution in [3.8, 4) is 5.75 Å². The lowest BCUT2D eigenvalue weighted by atomic mass is 9.73. The summed E-state index contributed by atoms with van der Waals surface area (Å²) in [5.74, 6) is 0.306. The van der Waals surface area contributed by atoms with Gasteiger partial charge in [-0.15, -0.1) is 0 Å². The van der Waals surface area contributed by atoms with E-state index in [9.17, 15) is 18.7 Å². The average molecular weight is 368 g/mol. The number of carbonyl (C=O) groups excluding carboxylic acids is 1. The zero-order valence-corrected chi connectivity index (χ0v) is 14.9. The van der Waals surface area contributed by atoms with Crippen LogP contribution in [0.25, 0.3) is 0 Å². The number of alkyl halides is 2. The number of aliphatic hydroxyl groups excluding tert-OH is 1. The molecule has 0 radical (unpaired) electrons. The van der Waals surface area contributed by atoms with Crippen LogP contribution in [-0.4, -0.2) is 60.2 Å². The Balaban J connectivity index is 1.64. The van der Waals surface area contributed by atoms with Crippen molar-refractivity contribution >= 4 is 5.91 Å². The molecule has 1 spiro atoms. The third kappa shape index (κ3) is 4.71. The quantitative estimate of drug-likeness (QED) is 0.838. The Bertz CT molecular complexity index is 629. The van der Waals surface area contributed by atoms with E-state index in [-0.39, 0.29) is 23.7 Å². The highest BCUT2D eigenvalue weighted by molar-refractivity contribution is 5.77. The maximum atomic E-state index is 12.4. The number of hydrogen-bond donors (Lipinski definition) is 1. The standard InChI is InChI=1S/C19H26F2N2O3/c20-18(21)26-16-4-1-3-15(11-16)12-22-8-2-6-19(13-22)7-5-17(25)23(14-19)9-10-24/h1,3-4,11,18,24H,2,5-10,12-14H2. The van der Waals surface area contributed by atoms with Gasteiger partial charge in [-0.25, -0.2) is 0 Å². The molecule has 2 aliphatic heterocycles. The molecule has 0 aliphatic carbocycles. The Labute approximate surface area is 152 Å². The van der Waals surface area contributed by atoms with Crippen molar-refractivity contribution in [2.75, 3.05) is 32.8 Å². The van der Waals surface area contributed by atoms with Gasteiger partial charge in [-0.2, -0.15) is 8.78 Å². The molecule has 0 bridgehead atoms. The number of hydrogen-bond acceptors (Lipinski definition) is 4. The van der Waals surface area contributed by atoms with Crippen molar-refractivity contribution < 1.29 is 23.4 Å². The second-order valence-electron chi connectivity index (χ2n) is 7.38. The highest BCUT2D eigenvalue weighted by atomic mass is 19.3. The molecule has 7 heteroatoms. The number of piperidine rings is 2. The fourth-order valence-electron chi connectivity index (χ4n) is 4.28. The largest absolute Gasteiger partial charge is 0.435 e. The van der Waals surface area contributed by atoms with Crippen LogP contribution in [0.2, 0.25) is 0 Å². The van der Waals surface area contributed by atoms with Crippen LogP contribution < -0.4 is 4.74 Å². The Morgan fingerprint density at radius 3 is 2.88 bits per heavy atom. The number of nitrogens with zero attached hydrogens (tertiary/aromatic N) is 2. The predicted octanol–water partition coefficient (Wildman–Crippen LogP) is 2.48. The summed E-state index contributed by atoms with van der Waals surface area (Å²) in [5.41, 5.74) is 1.01. The van der Waals surface area contributed by atoms with Crippen molar-refractivity contribution in [3.63, 3.8) is 0 Å². The Morgan fingerprint density at radius 2 is 2.12 bits per heavy atom. The van der Waals surface area contributed by atoms with E-state index in [0.717, 1.165) is 37.9 Å². The van der Waals surface area contributed by atoms with Gasteiger partial charge >= 0.3 is 6.61 Å². The van der Waals surface area contributed by atoms with Gasteiger partial charge in [0.2, 0.25) is 5.91 Å². The van der Waals surface area contributed by atoms with Gasteiger partial charge in [0.15, 0.2) is 0 Å². The molecule has 2 saturated heterocycles. The lowest BCUT2D eigenvalue weighted by Gasteiger charge is -2.48. The van der Waals surface area contributed by atoms with Gasteiger partial charge in [-0.3, -0.25) is 9.69 Å². The minimum Gasteiger partial charge on any atom is -0.435 e. The highest BCUT2D eigenvalue weighted by Gasteiger charge is 2.41. The van der Waals surface area contributed by atoms with Crippen LogP contribution in [0, 0.1) is 5.41 Å². The lowest BCUT2D eigenvalue weighted by molar-refractivity contribution is -0.140. The average Bonchev–Trinajstić information content (AvgIpc) is 2.59. The molecular weight excluding hydrogens is 342 g/mol. The predicted molar refractivity (Wildman–Crippen MR) is 92.9 cm³/mol. The van der Waals surface area contributed by atoms with E-state index < -0.39 is 6.61 Å². The molecule has 2 fully saturated rings. The topological polar surface area (TPSA) is 53.0 Å². The van der Waals surface area contributed by atoms with Gasteiger partial charge < -0.3 is 14.7 Å². The van der Waals surface area contributed by atoms with Crippen LogP contribution in [0.4, 0.5) is 8.78 Å². The van der Waals surface area contributed by atoms with E-state index in [1.165, 1.54) is 6.07 Å². The molecule has 1 atom stereocenters. The molecule has 1 aromatic rings. The summed E-state index contributed by atoms with van der Waals surface area (Å²) in [6, 6.07) is 6.85. The summed E-state index contributed by atoms with van der Waals surface area (Å²) in [6.45, 7) is 0.766. The van der Waals surface area contributed by atoms with Crippen molar-refractivity contribution in [2.24, 2.45) is 5.41 Å². The molecular formula is C19H26F2N2O3. The van der Waals surface area contributed by atoms with Gasteiger partial charge in [-0.1, -0.05) is 12.1 Å². The third-order valence-corrected chi connectivity index (χ3v) is 5.39. The first-order valence-corrected chi connectivity index (χ1v) is 9.14. The van der Waals surface area contributed by atoms with Gasteiger partial charge in [0.1, 0.15) is 5.75 Å². The number of β-amino-alcohol motifs (C(OH)–C–C–N with tert-alkyl or cyclic N) is 1. The fourth-order valence-corrected chi connectivity index (χ4v) is 4.28. The summed E-state index contributed by atoms with van der Waals surface area (Å²) in [4.78, 5) is 16.1. The summed E-state index contributed by atoms with van der Waals surface area (Å²) in [7, 11) is 0. The number of benzene rings is 1. The van der Waals surface area contributed by atoms with Gasteiger partial charge in [-0.05, 0) is 43.5 Å². The van der Waals surface area contributed by atoms with Crippen molar-refractivity contribution in [3.05, 3.63) is 29.8 Å². The van der Waals surface area contributed by atoms with E-state index in [0.29, 0.717) is 26.1 Å². The maximum Gasteiger partial charge on any atom is 0.387 e. The number of rotatable bonds is 6. The molecule has 2 heterocycles. The SMILES string of the molecule is O=C1CCC2(CCCN(Cc3cccc(OC(F)F)c3)C2)CN1CCO. The van der Waals surface area contributed by atoms with Crippen LogP contribution in [0.3, 0.4) is 0 Å². The monoisotopic (exact) mass is 368 g/mol. The van der Waals surface area contributed by atoms with Crippen LogP contribution >= 0.6 is 0 Å². The number of halogens is 2. The number of ether oxygens (including phenoxy) is 1. The zero-order chi connectivity index (χ0) is 18.6. The molecule has 3 rings (SSSR count). The van der Waals surface area contributed by atoms with E-state index in [4.69, 9.17) is 0 Å². The maximum absolute atomic E-state index is 12.4. The van der Waals surface area contributed by atoms with Gasteiger partial charge in [0, 0.05) is 38.0 Å². The first-order valence-electron chi connectivity index (χ1n) is 9.14. The minimum atomic E-state index is -2.82. The first-order chi connectivity index (χ1) is 12.5. The first kappa shape index (κ1) is 19.0. The smallest absolute Gasteiger partial charge is 0.387 e. The van der Waals surface area contributed by atoms with Gasteiger partial charge in [0.05, 0.1) is 6.61 Å². The fraction of sp³-hybridized carbons (Fsp3) is 0.632. The number of carbonyl (C=O) groups is 1. The van der Waals surface area contributed by atoms with Crippen LogP contribution in [0.15, 0.2) is 24.3 Å². The molecule has 26 heavy (non-hydrogen) atoms. The second kappa shape index (κ2) is 8.31. The molecule has 144 valence electrons. The summed E-state index contributed by atoms with van der Waals surface area (Å²) in [6.07, 6.45) is 3.53. The summed E-state index contributed by atoms with van der Waals surface area (Å²) >= 11 is 0. The number of likely N-dealkylation sites (tertiary alicyclic amines) is 2. The summed E-state index contributed by atoms with van der Waals surface area (Å²) < 4.78 is 29.3. The van der Waals surface area contributed by atoms with Crippen LogP contribution in [0.5, 0.6) is 5.75 Å².